The smallest absolute Gasteiger partial charge is 0.313 e. The first-order chi connectivity index (χ1) is 13.0. The molecule has 2 aliphatic carbocycles. The van der Waals surface area contributed by atoms with E-state index in [-0.39, 0.29) is 24.4 Å². The van der Waals surface area contributed by atoms with Gasteiger partial charge >= 0.3 is 5.97 Å². The molecular weight excluding hydrogens is 347 g/mol. The number of aliphatic hydroxyl groups excluding tert-OH is 1. The Hall–Kier alpha value is -2.27. The molecule has 1 aromatic rings. The molecule has 0 radical (unpaired) electrons. The lowest BCUT2D eigenvalue weighted by Gasteiger charge is -2.25. The van der Waals surface area contributed by atoms with Crippen LogP contribution in [0, 0.1) is 17.7 Å². The molecule has 1 N–H and O–H groups in total. The number of rotatable bonds is 7. The molecule has 3 atom stereocenters. The standard InChI is InChI=1S/C22H25FO4/c1-27-22(26)13-19(25)12-18(24)8-9-20-16-3-2-14(10-16)11-21(20)15-4-6-17(23)7-5-15/h4-9,14,16,18,24H,2-3,10-13H2,1H3/b9-8+. The summed E-state index contributed by atoms with van der Waals surface area (Å²) in [4.78, 5) is 22.9. The van der Waals surface area contributed by atoms with Gasteiger partial charge in [0.25, 0.3) is 0 Å². The van der Waals surface area contributed by atoms with E-state index in [1.54, 1.807) is 18.2 Å². The summed E-state index contributed by atoms with van der Waals surface area (Å²) >= 11 is 0. The van der Waals surface area contributed by atoms with Gasteiger partial charge < -0.3 is 9.84 Å². The van der Waals surface area contributed by atoms with Crippen molar-refractivity contribution in [2.75, 3.05) is 7.11 Å². The van der Waals surface area contributed by atoms with Gasteiger partial charge in [0.05, 0.1) is 13.2 Å². The number of aliphatic hydroxyl groups is 1. The Morgan fingerprint density at radius 2 is 2.04 bits per heavy atom. The van der Waals surface area contributed by atoms with Crippen molar-refractivity contribution < 1.29 is 23.8 Å². The number of carbonyl (C=O) groups excluding carboxylic acids is 2. The molecule has 0 spiro atoms. The highest BCUT2D eigenvalue weighted by Gasteiger charge is 2.34. The van der Waals surface area contributed by atoms with Gasteiger partial charge in [-0.05, 0) is 66.4 Å². The van der Waals surface area contributed by atoms with Crippen molar-refractivity contribution in [3.8, 4) is 0 Å². The van der Waals surface area contributed by atoms with E-state index in [0.717, 1.165) is 24.8 Å². The second-order valence-corrected chi connectivity index (χ2v) is 7.44. The Labute approximate surface area is 158 Å². The SMILES string of the molecule is COC(=O)CC(=O)CC(O)/C=C/C1=C(c2ccc(F)cc2)CC2CCC1C2. The number of hydrogen-bond acceptors (Lipinski definition) is 4. The Bertz CT molecular complexity index is 763. The number of esters is 1. The predicted molar refractivity (Wildman–Crippen MR) is 100 cm³/mol. The van der Waals surface area contributed by atoms with Crippen LogP contribution in [-0.2, 0) is 14.3 Å². The van der Waals surface area contributed by atoms with Crippen LogP contribution in [0.2, 0.25) is 0 Å². The van der Waals surface area contributed by atoms with Crippen LogP contribution in [0.4, 0.5) is 4.39 Å². The third-order valence-electron chi connectivity index (χ3n) is 5.52. The summed E-state index contributed by atoms with van der Waals surface area (Å²) in [6, 6.07) is 6.56. The Balaban J connectivity index is 1.76. The number of hydrogen-bond donors (Lipinski definition) is 1. The van der Waals surface area contributed by atoms with E-state index in [2.05, 4.69) is 4.74 Å². The zero-order valence-corrected chi connectivity index (χ0v) is 15.5. The van der Waals surface area contributed by atoms with Crippen LogP contribution >= 0.6 is 0 Å². The zero-order chi connectivity index (χ0) is 19.4. The highest BCUT2D eigenvalue weighted by atomic mass is 19.1. The van der Waals surface area contributed by atoms with E-state index in [1.807, 2.05) is 6.08 Å². The molecule has 27 heavy (non-hydrogen) atoms. The number of benzene rings is 1. The van der Waals surface area contributed by atoms with Gasteiger partial charge in [-0.2, -0.15) is 0 Å². The Morgan fingerprint density at radius 3 is 2.74 bits per heavy atom. The minimum atomic E-state index is -0.941. The Kier molecular flexibility index (Phi) is 6.22. The minimum Gasteiger partial charge on any atom is -0.469 e. The summed E-state index contributed by atoms with van der Waals surface area (Å²) < 4.78 is 17.7. The number of ether oxygens (including phenoxy) is 1. The largest absolute Gasteiger partial charge is 0.469 e. The quantitative estimate of drug-likeness (QED) is 0.583. The maximum atomic E-state index is 13.3. The van der Waals surface area contributed by atoms with Gasteiger partial charge in [-0.3, -0.25) is 9.59 Å². The van der Waals surface area contributed by atoms with Crippen molar-refractivity contribution in [2.24, 2.45) is 11.8 Å². The van der Waals surface area contributed by atoms with E-state index in [4.69, 9.17) is 0 Å². The van der Waals surface area contributed by atoms with Gasteiger partial charge in [-0.1, -0.05) is 24.3 Å². The van der Waals surface area contributed by atoms with Gasteiger partial charge in [0.1, 0.15) is 18.0 Å². The third-order valence-corrected chi connectivity index (χ3v) is 5.52. The molecular formula is C22H25FO4. The molecule has 0 amide bonds. The Morgan fingerprint density at radius 1 is 1.30 bits per heavy atom. The van der Waals surface area contributed by atoms with Gasteiger partial charge in [-0.15, -0.1) is 0 Å². The number of Topliss-reactive ketones (excluding diaryl/α,β-unsaturated/α-hetero) is 1. The maximum absolute atomic E-state index is 13.3. The summed E-state index contributed by atoms with van der Waals surface area (Å²) in [6.07, 6.45) is 6.57. The monoisotopic (exact) mass is 372 g/mol. The summed E-state index contributed by atoms with van der Waals surface area (Å²) in [6.45, 7) is 0. The second-order valence-electron chi connectivity index (χ2n) is 7.44. The molecule has 1 fully saturated rings. The van der Waals surface area contributed by atoms with Crippen molar-refractivity contribution in [3.05, 3.63) is 53.4 Å². The van der Waals surface area contributed by atoms with Crippen molar-refractivity contribution in [1.82, 2.24) is 0 Å². The van der Waals surface area contributed by atoms with Crippen LogP contribution in [0.1, 0.15) is 44.1 Å². The molecule has 0 heterocycles. The fourth-order valence-corrected chi connectivity index (χ4v) is 4.19. The average Bonchev–Trinajstić information content (AvgIpc) is 3.03. The van der Waals surface area contributed by atoms with Crippen molar-refractivity contribution in [2.45, 2.75) is 44.6 Å². The number of halogens is 1. The van der Waals surface area contributed by atoms with E-state index >= 15 is 0 Å². The van der Waals surface area contributed by atoms with Crippen LogP contribution in [-0.4, -0.2) is 30.1 Å². The van der Waals surface area contributed by atoms with Crippen LogP contribution in [0.5, 0.6) is 0 Å². The number of fused-ring (bicyclic) bond motifs is 2. The molecule has 3 unspecified atom stereocenters. The number of ketones is 1. The van der Waals surface area contributed by atoms with Gasteiger partial charge in [0.2, 0.25) is 0 Å². The van der Waals surface area contributed by atoms with Crippen LogP contribution in [0.15, 0.2) is 42.0 Å². The molecule has 0 saturated heterocycles. The van der Waals surface area contributed by atoms with Gasteiger partial charge in [0, 0.05) is 6.42 Å². The van der Waals surface area contributed by atoms with E-state index in [9.17, 15) is 19.1 Å². The molecule has 2 bridgehead atoms. The topological polar surface area (TPSA) is 63.6 Å². The molecule has 2 aliphatic rings. The van der Waals surface area contributed by atoms with Gasteiger partial charge in [-0.25, -0.2) is 4.39 Å². The molecule has 144 valence electrons. The predicted octanol–water partition coefficient (Wildman–Crippen LogP) is 3.84. The minimum absolute atomic E-state index is 0.113. The van der Waals surface area contributed by atoms with E-state index in [0.29, 0.717) is 11.8 Å². The first-order valence-electron chi connectivity index (χ1n) is 9.40. The average molecular weight is 372 g/mol. The fourth-order valence-electron chi connectivity index (χ4n) is 4.19. The second kappa shape index (κ2) is 8.61. The van der Waals surface area contributed by atoms with Crippen molar-refractivity contribution in [3.63, 3.8) is 0 Å². The van der Waals surface area contributed by atoms with Crippen LogP contribution in [0.3, 0.4) is 0 Å². The highest BCUT2D eigenvalue weighted by Crippen LogP contribution is 2.48. The maximum Gasteiger partial charge on any atom is 0.313 e. The summed E-state index contributed by atoms with van der Waals surface area (Å²) in [5, 5.41) is 10.2. The van der Waals surface area contributed by atoms with E-state index < -0.39 is 12.1 Å². The van der Waals surface area contributed by atoms with Crippen molar-refractivity contribution >= 4 is 17.3 Å². The highest BCUT2D eigenvalue weighted by molar-refractivity contribution is 5.95. The third kappa shape index (κ3) is 4.92. The van der Waals surface area contributed by atoms with Gasteiger partial charge in [0.15, 0.2) is 0 Å². The lowest BCUT2D eigenvalue weighted by atomic mass is 9.80. The lowest BCUT2D eigenvalue weighted by molar-refractivity contribution is -0.143. The van der Waals surface area contributed by atoms with E-state index in [1.165, 1.54) is 36.8 Å². The normalized spacial score (nSPS) is 22.9. The van der Waals surface area contributed by atoms with Crippen LogP contribution < -0.4 is 0 Å². The molecule has 0 aliphatic heterocycles. The number of allylic oxidation sites excluding steroid dienone is 3. The first kappa shape index (κ1) is 19.5. The molecule has 5 heteroatoms. The fraction of sp³-hybridized carbons (Fsp3) is 0.455. The van der Waals surface area contributed by atoms with Crippen molar-refractivity contribution in [1.29, 1.82) is 0 Å². The molecule has 0 aromatic heterocycles. The number of methoxy groups -OCH3 is 1. The summed E-state index contributed by atoms with van der Waals surface area (Å²) in [7, 11) is 1.23. The lowest BCUT2D eigenvalue weighted by Crippen LogP contribution is -2.16. The molecule has 4 nitrogen and oxygen atoms in total. The number of carbonyl (C=O) groups is 2. The van der Waals surface area contributed by atoms with Crippen LogP contribution in [0.25, 0.3) is 5.57 Å². The summed E-state index contributed by atoms with van der Waals surface area (Å²) in [5.41, 5.74) is 3.40. The molecule has 3 rings (SSSR count). The zero-order valence-electron chi connectivity index (χ0n) is 15.5. The summed E-state index contributed by atoms with van der Waals surface area (Å²) in [5.74, 6) is -0.0929. The molecule has 1 saturated carbocycles. The molecule has 1 aromatic carbocycles. The first-order valence-corrected chi connectivity index (χ1v) is 9.40.